The fourth-order valence-electron chi connectivity index (χ4n) is 5.28. The molecule has 4 aromatic carbocycles. The Morgan fingerprint density at radius 2 is 1.40 bits per heavy atom. The molecule has 0 unspecified atom stereocenters. The second-order valence-corrected chi connectivity index (χ2v) is 13.1. The van der Waals surface area contributed by atoms with Crippen LogP contribution < -0.4 is 15.2 Å². The summed E-state index contributed by atoms with van der Waals surface area (Å²) in [7, 11) is 2.69. The summed E-state index contributed by atoms with van der Waals surface area (Å²) in [6.45, 7) is 1.24. The summed E-state index contributed by atoms with van der Waals surface area (Å²) in [5.74, 6) is -3.12. The molecule has 0 radical (unpaired) electrons. The third kappa shape index (κ3) is 8.19. The van der Waals surface area contributed by atoms with Gasteiger partial charge in [0, 0.05) is 32.6 Å². The van der Waals surface area contributed by atoms with Crippen molar-refractivity contribution >= 4 is 78.1 Å². The number of carbonyl (C=O) groups excluding carboxylic acids is 2. The molecule has 0 saturated heterocycles. The standard InChI is InChI=1S/C20H17NO7S.C17H13NO5S/c1-4-28-19(22)17-16-14(26-2)9-12(10-15(16)29-18(17)20(23)27-3)11-5-7-13(8-6-11)21(24)25;18-11-4-1-9(2-5-11)10-3-6-12-13(7-10)24-16(17(21)22)15(12)23-8-14(19)20/h5-10H,4H2,1-3H3;1-7H,8,18H2,(H,19,20)(H,21,22). The number of hydrogen-bond donors (Lipinski definition) is 3. The van der Waals surface area contributed by atoms with E-state index in [0.717, 1.165) is 44.9 Å². The number of carbonyl (C=O) groups is 4. The van der Waals surface area contributed by atoms with E-state index in [2.05, 4.69) is 0 Å². The van der Waals surface area contributed by atoms with Gasteiger partial charge in [-0.05, 0) is 77.7 Å². The number of carboxylic acid groups (broad SMARTS) is 2. The zero-order valence-electron chi connectivity index (χ0n) is 28.2. The average molecular weight is 759 g/mol. The lowest BCUT2D eigenvalue weighted by Gasteiger charge is -2.09. The molecule has 0 aliphatic carbocycles. The smallest absolute Gasteiger partial charge is 0.349 e. The number of non-ortho nitro benzene ring substituents is 1. The van der Waals surface area contributed by atoms with Crippen LogP contribution in [0.5, 0.6) is 11.5 Å². The van der Waals surface area contributed by atoms with E-state index >= 15 is 0 Å². The van der Waals surface area contributed by atoms with Gasteiger partial charge in [0.15, 0.2) is 17.2 Å². The lowest BCUT2D eigenvalue weighted by Crippen LogP contribution is -2.10. The van der Waals surface area contributed by atoms with Crippen molar-refractivity contribution in [2.45, 2.75) is 6.92 Å². The highest BCUT2D eigenvalue weighted by atomic mass is 32.1. The van der Waals surface area contributed by atoms with Gasteiger partial charge in [-0.15, -0.1) is 22.7 Å². The van der Waals surface area contributed by atoms with Gasteiger partial charge in [0.25, 0.3) is 5.69 Å². The van der Waals surface area contributed by atoms with Gasteiger partial charge >= 0.3 is 23.9 Å². The molecule has 16 heteroatoms. The predicted octanol–water partition coefficient (Wildman–Crippen LogP) is 7.76. The van der Waals surface area contributed by atoms with Crippen LogP contribution in [-0.2, 0) is 14.3 Å². The number of benzene rings is 4. The van der Waals surface area contributed by atoms with Crippen LogP contribution in [-0.4, -0.2) is 66.4 Å². The molecule has 4 N–H and O–H groups in total. The lowest BCUT2D eigenvalue weighted by molar-refractivity contribution is -0.384. The first-order valence-corrected chi connectivity index (χ1v) is 17.1. The summed E-state index contributed by atoms with van der Waals surface area (Å²) in [4.78, 5) is 57.4. The summed E-state index contributed by atoms with van der Waals surface area (Å²) >= 11 is 2.15. The number of rotatable bonds is 11. The molecule has 272 valence electrons. The van der Waals surface area contributed by atoms with Crippen LogP contribution in [0.1, 0.15) is 36.6 Å². The summed E-state index contributed by atoms with van der Waals surface area (Å²) in [6, 6.07) is 22.3. The molecular formula is C37H30N2O12S2. The molecule has 0 aliphatic rings. The van der Waals surface area contributed by atoms with Crippen LogP contribution in [0.2, 0.25) is 0 Å². The Labute approximate surface area is 308 Å². The first-order chi connectivity index (χ1) is 25.4. The maximum atomic E-state index is 12.5. The third-order valence-electron chi connectivity index (χ3n) is 7.66. The Kier molecular flexibility index (Phi) is 11.5. The topological polar surface area (TPSA) is 215 Å². The van der Waals surface area contributed by atoms with Gasteiger partial charge in [0.1, 0.15) is 10.6 Å². The van der Waals surface area contributed by atoms with E-state index in [4.69, 9.17) is 29.8 Å². The van der Waals surface area contributed by atoms with E-state index in [0.29, 0.717) is 31.6 Å². The molecule has 0 saturated carbocycles. The minimum atomic E-state index is -1.16. The third-order valence-corrected chi connectivity index (χ3v) is 9.90. The number of carboxylic acids is 2. The van der Waals surface area contributed by atoms with Crippen molar-refractivity contribution in [1.29, 1.82) is 0 Å². The van der Waals surface area contributed by atoms with Gasteiger partial charge in [-0.3, -0.25) is 10.1 Å². The number of hydrogen-bond acceptors (Lipinski definition) is 13. The van der Waals surface area contributed by atoms with Crippen molar-refractivity contribution in [1.82, 2.24) is 0 Å². The van der Waals surface area contributed by atoms with Gasteiger partial charge < -0.3 is 34.9 Å². The molecule has 2 aromatic heterocycles. The molecule has 6 aromatic rings. The molecule has 14 nitrogen and oxygen atoms in total. The van der Waals surface area contributed by atoms with Crippen molar-refractivity contribution < 1.29 is 53.3 Å². The van der Waals surface area contributed by atoms with Crippen LogP contribution in [0.3, 0.4) is 0 Å². The SMILES string of the molecule is CCOC(=O)c1c(C(=O)OC)sc2cc(-c3ccc([N+](=O)[O-])cc3)cc(OC)c12.Nc1ccc(-c2ccc3c(OCC(=O)O)c(C(=O)O)sc3c2)cc1. The van der Waals surface area contributed by atoms with E-state index < -0.39 is 35.4 Å². The zero-order valence-corrected chi connectivity index (χ0v) is 29.9. The fourth-order valence-corrected chi connectivity index (χ4v) is 7.47. The molecule has 0 aliphatic heterocycles. The Morgan fingerprint density at radius 3 is 1.98 bits per heavy atom. The van der Waals surface area contributed by atoms with E-state index in [9.17, 15) is 34.4 Å². The van der Waals surface area contributed by atoms with Crippen LogP contribution in [0.25, 0.3) is 42.4 Å². The van der Waals surface area contributed by atoms with Gasteiger partial charge in [-0.25, -0.2) is 19.2 Å². The Balaban J connectivity index is 0.000000208. The summed E-state index contributed by atoms with van der Waals surface area (Å²) in [6.07, 6.45) is 0. The van der Waals surface area contributed by atoms with Crippen LogP contribution in [0.4, 0.5) is 11.4 Å². The van der Waals surface area contributed by atoms with Crippen LogP contribution >= 0.6 is 22.7 Å². The molecule has 0 fully saturated rings. The van der Waals surface area contributed by atoms with E-state index in [1.807, 2.05) is 24.3 Å². The van der Waals surface area contributed by atoms with Crippen LogP contribution in [0, 0.1) is 10.1 Å². The maximum Gasteiger partial charge on any atom is 0.349 e. The highest BCUT2D eigenvalue weighted by molar-refractivity contribution is 7.21. The predicted molar refractivity (Wildman–Crippen MR) is 200 cm³/mol. The number of fused-ring (bicyclic) bond motifs is 2. The molecule has 0 bridgehead atoms. The average Bonchev–Trinajstić information content (AvgIpc) is 3.73. The first-order valence-electron chi connectivity index (χ1n) is 15.5. The van der Waals surface area contributed by atoms with Gasteiger partial charge in [0.05, 0.1) is 36.7 Å². The second-order valence-electron chi connectivity index (χ2n) is 11.0. The summed E-state index contributed by atoms with van der Waals surface area (Å²) < 4.78 is 21.9. The van der Waals surface area contributed by atoms with Crippen molar-refractivity contribution in [2.24, 2.45) is 0 Å². The van der Waals surface area contributed by atoms with Crippen molar-refractivity contribution in [3.8, 4) is 33.8 Å². The van der Waals surface area contributed by atoms with Crippen molar-refractivity contribution in [3.63, 3.8) is 0 Å². The number of aromatic carboxylic acids is 1. The van der Waals surface area contributed by atoms with Crippen molar-refractivity contribution in [2.75, 3.05) is 33.2 Å². The minimum Gasteiger partial charge on any atom is -0.496 e. The number of nitrogens with zero attached hydrogens (tertiary/aromatic N) is 1. The van der Waals surface area contributed by atoms with E-state index in [-0.39, 0.29) is 33.4 Å². The Bertz CT molecular complexity index is 2360. The number of ether oxygens (including phenoxy) is 4. The number of methoxy groups -OCH3 is 2. The van der Waals surface area contributed by atoms with Crippen LogP contribution in [0.15, 0.2) is 78.9 Å². The van der Waals surface area contributed by atoms with Crippen molar-refractivity contribution in [3.05, 3.63) is 104 Å². The Hall–Kier alpha value is -6.52. The first kappa shape index (κ1) is 37.7. The summed E-state index contributed by atoms with van der Waals surface area (Å²) in [5.41, 5.74) is 9.73. The number of thiophene rings is 2. The second kappa shape index (κ2) is 16.2. The number of esters is 2. The molecule has 6 rings (SSSR count). The number of anilines is 1. The molecule has 53 heavy (non-hydrogen) atoms. The largest absolute Gasteiger partial charge is 0.496 e. The minimum absolute atomic E-state index is 0.0132. The molecule has 0 amide bonds. The lowest BCUT2D eigenvalue weighted by atomic mass is 10.0. The monoisotopic (exact) mass is 758 g/mol. The molecule has 2 heterocycles. The van der Waals surface area contributed by atoms with E-state index in [1.165, 1.54) is 26.4 Å². The number of nitrogen functional groups attached to an aromatic ring is 1. The highest BCUT2D eigenvalue weighted by Crippen LogP contribution is 2.42. The molecule has 0 atom stereocenters. The summed E-state index contributed by atoms with van der Waals surface area (Å²) in [5, 5.41) is 30.0. The quantitative estimate of drug-likeness (QED) is 0.0499. The molecule has 0 spiro atoms. The normalized spacial score (nSPS) is 10.6. The van der Waals surface area contributed by atoms with Gasteiger partial charge in [-0.2, -0.15) is 0 Å². The maximum absolute atomic E-state index is 12.5. The Morgan fingerprint density at radius 1 is 0.792 bits per heavy atom. The number of nitro benzene ring substituents is 1. The number of nitro groups is 1. The number of aliphatic carboxylic acids is 1. The van der Waals surface area contributed by atoms with Gasteiger partial charge in [0.2, 0.25) is 0 Å². The molecular weight excluding hydrogens is 729 g/mol. The zero-order chi connectivity index (χ0) is 38.4. The van der Waals surface area contributed by atoms with Gasteiger partial charge in [-0.1, -0.05) is 18.2 Å². The highest BCUT2D eigenvalue weighted by Gasteiger charge is 2.28. The number of nitrogens with two attached hydrogens (primary N) is 1. The fraction of sp³-hybridized carbons (Fsp3) is 0.135. The van der Waals surface area contributed by atoms with E-state index in [1.54, 1.807) is 49.4 Å².